The minimum Gasteiger partial charge on any atom is -0.341 e. The maximum atomic E-state index is 13.2. The highest BCUT2D eigenvalue weighted by atomic mass is 19.1. The molecule has 1 aromatic rings. The third-order valence-electron chi connectivity index (χ3n) is 5.13. The van der Waals surface area contributed by atoms with Crippen molar-refractivity contribution in [2.24, 2.45) is 5.92 Å². The molecule has 1 aliphatic heterocycles. The number of hydrogen-bond donors (Lipinski definition) is 0. The lowest BCUT2D eigenvalue weighted by molar-refractivity contribution is -0.138. The van der Waals surface area contributed by atoms with Gasteiger partial charge in [0.25, 0.3) is 0 Å². The van der Waals surface area contributed by atoms with E-state index in [0.717, 1.165) is 37.8 Å². The molecule has 0 atom stereocenters. The topological polar surface area (TPSA) is 40.6 Å². The highest BCUT2D eigenvalue weighted by Gasteiger charge is 2.30. The Hall–Kier alpha value is -1.91. The Morgan fingerprint density at radius 2 is 1.79 bits per heavy atom. The molecule has 2 amide bonds. The highest BCUT2D eigenvalue weighted by molar-refractivity contribution is 5.80. The van der Waals surface area contributed by atoms with Crippen LogP contribution in [0.4, 0.5) is 4.39 Å². The number of nitrogens with zero attached hydrogens (tertiary/aromatic N) is 2. The zero-order valence-corrected chi connectivity index (χ0v) is 14.0. The first-order valence-corrected chi connectivity index (χ1v) is 8.94. The van der Waals surface area contributed by atoms with Crippen molar-refractivity contribution in [3.63, 3.8) is 0 Å². The highest BCUT2D eigenvalue weighted by Crippen LogP contribution is 2.28. The van der Waals surface area contributed by atoms with Crippen LogP contribution in [0.15, 0.2) is 24.3 Å². The monoisotopic (exact) mass is 332 g/mol. The number of benzene rings is 1. The molecule has 3 rings (SSSR count). The van der Waals surface area contributed by atoms with E-state index >= 15 is 0 Å². The van der Waals surface area contributed by atoms with Crippen molar-refractivity contribution in [2.75, 3.05) is 26.2 Å². The average Bonchev–Trinajstić information content (AvgIpc) is 2.77. The summed E-state index contributed by atoms with van der Waals surface area (Å²) in [4.78, 5) is 28.5. The number of carbonyl (C=O) groups excluding carboxylic acids is 2. The molecule has 1 saturated carbocycles. The van der Waals surface area contributed by atoms with E-state index in [1.54, 1.807) is 6.07 Å². The summed E-state index contributed by atoms with van der Waals surface area (Å²) < 4.78 is 13.2. The number of rotatable bonds is 4. The van der Waals surface area contributed by atoms with Gasteiger partial charge in [0.2, 0.25) is 11.8 Å². The summed E-state index contributed by atoms with van der Waals surface area (Å²) in [7, 11) is 0. The van der Waals surface area contributed by atoms with Gasteiger partial charge < -0.3 is 9.80 Å². The molecule has 1 heterocycles. The fourth-order valence-electron chi connectivity index (χ4n) is 3.40. The van der Waals surface area contributed by atoms with E-state index in [1.807, 2.05) is 15.9 Å². The molecule has 2 aliphatic rings. The van der Waals surface area contributed by atoms with Gasteiger partial charge in [-0.05, 0) is 43.4 Å². The molecule has 0 N–H and O–H groups in total. The maximum absolute atomic E-state index is 13.2. The third-order valence-corrected chi connectivity index (χ3v) is 5.13. The van der Waals surface area contributed by atoms with Crippen LogP contribution in [0.5, 0.6) is 0 Å². The molecular formula is C19H25FN2O2. The van der Waals surface area contributed by atoms with Crippen molar-refractivity contribution >= 4 is 11.8 Å². The summed E-state index contributed by atoms with van der Waals surface area (Å²) in [6, 6.07) is 6.41. The molecule has 2 fully saturated rings. The Kier molecular flexibility index (Phi) is 5.48. The quantitative estimate of drug-likeness (QED) is 0.850. The van der Waals surface area contributed by atoms with Gasteiger partial charge >= 0.3 is 0 Å². The van der Waals surface area contributed by atoms with Crippen LogP contribution in [0.2, 0.25) is 0 Å². The summed E-state index contributed by atoms with van der Waals surface area (Å²) >= 11 is 0. The first-order valence-electron chi connectivity index (χ1n) is 8.94. The lowest BCUT2D eigenvalue weighted by Gasteiger charge is -2.31. The largest absolute Gasteiger partial charge is 0.341 e. The van der Waals surface area contributed by atoms with Gasteiger partial charge in [-0.2, -0.15) is 0 Å². The number of aryl methyl sites for hydroxylation is 1. The average molecular weight is 332 g/mol. The van der Waals surface area contributed by atoms with Crippen LogP contribution in [-0.2, 0) is 16.0 Å². The van der Waals surface area contributed by atoms with E-state index in [2.05, 4.69) is 0 Å². The van der Waals surface area contributed by atoms with E-state index in [1.165, 1.54) is 12.1 Å². The standard InChI is InChI=1S/C19H25FN2O2/c20-17-7-1-4-15(14-17)8-9-18(23)21-10-3-11-22(13-12-21)19(24)16-5-2-6-16/h1,4,7,14,16H,2-3,5-6,8-13H2. The Morgan fingerprint density at radius 1 is 1.04 bits per heavy atom. The SMILES string of the molecule is O=C(CCc1cccc(F)c1)N1CCCN(C(=O)C2CCC2)CC1. The van der Waals surface area contributed by atoms with Crippen LogP contribution in [0.1, 0.15) is 37.7 Å². The van der Waals surface area contributed by atoms with E-state index in [-0.39, 0.29) is 23.5 Å². The molecule has 24 heavy (non-hydrogen) atoms. The maximum Gasteiger partial charge on any atom is 0.225 e. The lowest BCUT2D eigenvalue weighted by atomic mass is 9.84. The fraction of sp³-hybridized carbons (Fsp3) is 0.579. The van der Waals surface area contributed by atoms with Crippen molar-refractivity contribution < 1.29 is 14.0 Å². The Balaban J connectivity index is 1.48. The van der Waals surface area contributed by atoms with Crippen molar-refractivity contribution in [1.82, 2.24) is 9.80 Å². The molecular weight excluding hydrogens is 307 g/mol. The van der Waals surface area contributed by atoms with Gasteiger partial charge in [0.1, 0.15) is 5.82 Å². The molecule has 0 bridgehead atoms. The minimum absolute atomic E-state index is 0.0946. The molecule has 0 spiro atoms. The van der Waals surface area contributed by atoms with Crippen LogP contribution in [-0.4, -0.2) is 47.8 Å². The minimum atomic E-state index is -0.264. The summed E-state index contributed by atoms with van der Waals surface area (Å²) in [5.41, 5.74) is 0.847. The first-order chi connectivity index (χ1) is 11.6. The van der Waals surface area contributed by atoms with Gasteiger partial charge in [0, 0.05) is 38.5 Å². The van der Waals surface area contributed by atoms with Crippen LogP contribution in [0, 0.1) is 11.7 Å². The Morgan fingerprint density at radius 3 is 2.50 bits per heavy atom. The normalized spacial score (nSPS) is 18.9. The predicted octanol–water partition coefficient (Wildman–Crippen LogP) is 2.62. The summed E-state index contributed by atoms with van der Waals surface area (Å²) in [6.07, 6.45) is 4.98. The summed E-state index contributed by atoms with van der Waals surface area (Å²) in [5, 5.41) is 0. The number of halogens is 1. The van der Waals surface area contributed by atoms with Crippen molar-refractivity contribution in [3.8, 4) is 0 Å². The van der Waals surface area contributed by atoms with Crippen LogP contribution >= 0.6 is 0 Å². The molecule has 1 aliphatic carbocycles. The van der Waals surface area contributed by atoms with E-state index in [9.17, 15) is 14.0 Å². The smallest absolute Gasteiger partial charge is 0.225 e. The first kappa shape index (κ1) is 16.9. The van der Waals surface area contributed by atoms with Crippen LogP contribution < -0.4 is 0 Å². The molecule has 0 unspecified atom stereocenters. The zero-order valence-electron chi connectivity index (χ0n) is 14.0. The molecule has 5 heteroatoms. The van der Waals surface area contributed by atoms with Crippen LogP contribution in [0.25, 0.3) is 0 Å². The molecule has 130 valence electrons. The number of amides is 2. The molecule has 1 saturated heterocycles. The summed E-state index contributed by atoms with van der Waals surface area (Å²) in [6.45, 7) is 2.71. The molecule has 0 radical (unpaired) electrons. The van der Waals surface area contributed by atoms with Crippen molar-refractivity contribution in [2.45, 2.75) is 38.5 Å². The van der Waals surface area contributed by atoms with Gasteiger partial charge in [-0.1, -0.05) is 18.6 Å². The third kappa shape index (κ3) is 4.13. The molecule has 4 nitrogen and oxygen atoms in total. The van der Waals surface area contributed by atoms with Crippen LogP contribution in [0.3, 0.4) is 0 Å². The van der Waals surface area contributed by atoms with E-state index in [0.29, 0.717) is 32.5 Å². The lowest BCUT2D eigenvalue weighted by Crippen LogP contribution is -2.41. The van der Waals surface area contributed by atoms with Crippen molar-refractivity contribution in [3.05, 3.63) is 35.6 Å². The summed E-state index contributed by atoms with van der Waals surface area (Å²) in [5.74, 6) is 0.326. The van der Waals surface area contributed by atoms with E-state index < -0.39 is 0 Å². The molecule has 1 aromatic carbocycles. The Labute approximate surface area is 142 Å². The van der Waals surface area contributed by atoms with Gasteiger partial charge in [0.15, 0.2) is 0 Å². The van der Waals surface area contributed by atoms with Gasteiger partial charge in [-0.15, -0.1) is 0 Å². The van der Waals surface area contributed by atoms with Gasteiger partial charge in [0.05, 0.1) is 0 Å². The Bertz CT molecular complexity index is 601. The second-order valence-corrected chi connectivity index (χ2v) is 6.82. The van der Waals surface area contributed by atoms with Crippen molar-refractivity contribution in [1.29, 1.82) is 0 Å². The van der Waals surface area contributed by atoms with Gasteiger partial charge in [-0.3, -0.25) is 9.59 Å². The second kappa shape index (κ2) is 7.77. The second-order valence-electron chi connectivity index (χ2n) is 6.82. The molecule has 0 aromatic heterocycles. The number of hydrogen-bond acceptors (Lipinski definition) is 2. The van der Waals surface area contributed by atoms with E-state index in [4.69, 9.17) is 0 Å². The fourth-order valence-corrected chi connectivity index (χ4v) is 3.40. The van der Waals surface area contributed by atoms with Gasteiger partial charge in [-0.25, -0.2) is 4.39 Å². The number of carbonyl (C=O) groups is 2. The predicted molar refractivity (Wildman–Crippen MR) is 89.8 cm³/mol. The zero-order chi connectivity index (χ0) is 16.9.